The SMILES string of the molecule is CN(C[C@@H]1CCc2nccn2C1)C(=O)NCC[C@@H]1CCCO1. The minimum atomic E-state index is 0.0226. The lowest BCUT2D eigenvalue weighted by Crippen LogP contribution is -2.42. The second-order valence-electron chi connectivity index (χ2n) is 6.44. The highest BCUT2D eigenvalue weighted by atomic mass is 16.5. The molecule has 0 radical (unpaired) electrons. The first kappa shape index (κ1) is 15.3. The van der Waals surface area contributed by atoms with Gasteiger partial charge in [0.15, 0.2) is 0 Å². The van der Waals surface area contributed by atoms with E-state index in [9.17, 15) is 4.79 Å². The molecule has 1 aromatic heterocycles. The summed E-state index contributed by atoms with van der Waals surface area (Å²) in [7, 11) is 1.88. The van der Waals surface area contributed by atoms with Crippen LogP contribution in [0.4, 0.5) is 4.79 Å². The maximum atomic E-state index is 12.1. The molecule has 6 heteroatoms. The minimum Gasteiger partial charge on any atom is -0.378 e. The lowest BCUT2D eigenvalue weighted by atomic mass is 9.99. The first-order valence-corrected chi connectivity index (χ1v) is 8.33. The van der Waals surface area contributed by atoms with Crippen molar-refractivity contribution in [2.75, 3.05) is 26.7 Å². The van der Waals surface area contributed by atoms with E-state index in [0.717, 1.165) is 51.8 Å². The zero-order valence-corrected chi connectivity index (χ0v) is 13.3. The maximum absolute atomic E-state index is 12.1. The van der Waals surface area contributed by atoms with Gasteiger partial charge in [0.25, 0.3) is 0 Å². The number of hydrogen-bond acceptors (Lipinski definition) is 3. The Morgan fingerprint density at radius 3 is 3.27 bits per heavy atom. The molecule has 1 saturated heterocycles. The average molecular weight is 306 g/mol. The van der Waals surface area contributed by atoms with Crippen LogP contribution in [0.2, 0.25) is 0 Å². The quantitative estimate of drug-likeness (QED) is 0.900. The number of rotatable bonds is 5. The van der Waals surface area contributed by atoms with Gasteiger partial charge in [-0.25, -0.2) is 9.78 Å². The van der Waals surface area contributed by atoms with E-state index in [0.29, 0.717) is 18.6 Å². The molecule has 0 aliphatic carbocycles. The van der Waals surface area contributed by atoms with Crippen molar-refractivity contribution < 1.29 is 9.53 Å². The second-order valence-corrected chi connectivity index (χ2v) is 6.44. The number of hydrogen-bond donors (Lipinski definition) is 1. The van der Waals surface area contributed by atoms with Gasteiger partial charge < -0.3 is 19.5 Å². The van der Waals surface area contributed by atoms with Crippen LogP contribution in [-0.2, 0) is 17.7 Å². The summed E-state index contributed by atoms with van der Waals surface area (Å²) in [6.07, 6.45) is 9.53. The minimum absolute atomic E-state index is 0.0226. The molecule has 1 aromatic rings. The molecule has 0 unspecified atom stereocenters. The fourth-order valence-electron chi connectivity index (χ4n) is 3.40. The smallest absolute Gasteiger partial charge is 0.317 e. The van der Waals surface area contributed by atoms with Crippen molar-refractivity contribution in [2.24, 2.45) is 5.92 Å². The summed E-state index contributed by atoms with van der Waals surface area (Å²) in [4.78, 5) is 18.3. The fourth-order valence-corrected chi connectivity index (χ4v) is 3.40. The van der Waals surface area contributed by atoms with Crippen molar-refractivity contribution in [3.63, 3.8) is 0 Å². The van der Waals surface area contributed by atoms with Gasteiger partial charge in [0.1, 0.15) is 5.82 Å². The van der Waals surface area contributed by atoms with Crippen LogP contribution in [0.25, 0.3) is 0 Å². The molecule has 6 nitrogen and oxygen atoms in total. The van der Waals surface area contributed by atoms with Crippen molar-refractivity contribution in [3.05, 3.63) is 18.2 Å². The van der Waals surface area contributed by atoms with Gasteiger partial charge in [0.2, 0.25) is 0 Å². The number of fused-ring (bicyclic) bond motifs is 1. The Labute approximate surface area is 131 Å². The second kappa shape index (κ2) is 7.13. The average Bonchev–Trinajstić information content (AvgIpc) is 3.17. The van der Waals surface area contributed by atoms with Gasteiger partial charge in [-0.1, -0.05) is 0 Å². The summed E-state index contributed by atoms with van der Waals surface area (Å²) in [5.74, 6) is 1.68. The zero-order valence-electron chi connectivity index (χ0n) is 13.3. The number of urea groups is 1. The standard InChI is InChI=1S/C16H26N4O2/c1-19(16(21)18-7-6-14-3-2-10-22-14)11-13-4-5-15-17-8-9-20(15)12-13/h8-9,13-14H,2-7,10-12H2,1H3,(H,18,21)/t13-,14-/m0/s1. The summed E-state index contributed by atoms with van der Waals surface area (Å²) in [6, 6.07) is 0.0226. The highest BCUT2D eigenvalue weighted by Gasteiger charge is 2.22. The van der Waals surface area contributed by atoms with Gasteiger partial charge in [-0.2, -0.15) is 0 Å². The first-order chi connectivity index (χ1) is 10.7. The van der Waals surface area contributed by atoms with Gasteiger partial charge in [-0.3, -0.25) is 0 Å². The lowest BCUT2D eigenvalue weighted by molar-refractivity contribution is 0.104. The molecule has 1 N–H and O–H groups in total. The van der Waals surface area contributed by atoms with E-state index in [1.165, 1.54) is 5.82 Å². The Balaban J connectivity index is 1.38. The first-order valence-electron chi connectivity index (χ1n) is 8.33. The van der Waals surface area contributed by atoms with Crippen LogP contribution in [0.15, 0.2) is 12.4 Å². The molecule has 0 spiro atoms. The number of carbonyl (C=O) groups is 1. The number of carbonyl (C=O) groups excluding carboxylic acids is 1. The molecule has 2 amide bonds. The van der Waals surface area contributed by atoms with E-state index in [2.05, 4.69) is 14.9 Å². The molecule has 2 aliphatic rings. The predicted octanol–water partition coefficient (Wildman–Crippen LogP) is 1.66. The van der Waals surface area contributed by atoms with Crippen molar-refractivity contribution in [1.29, 1.82) is 0 Å². The molecule has 0 aromatic carbocycles. The molecule has 3 rings (SSSR count). The molecule has 1 fully saturated rings. The van der Waals surface area contributed by atoms with Crippen LogP contribution in [0.3, 0.4) is 0 Å². The molecule has 2 aliphatic heterocycles. The predicted molar refractivity (Wildman–Crippen MR) is 83.7 cm³/mol. The van der Waals surface area contributed by atoms with Gasteiger partial charge in [0.05, 0.1) is 6.10 Å². The topological polar surface area (TPSA) is 59.4 Å². The van der Waals surface area contributed by atoms with E-state index in [-0.39, 0.29) is 6.03 Å². The summed E-state index contributed by atoms with van der Waals surface area (Å²) < 4.78 is 7.77. The molecule has 22 heavy (non-hydrogen) atoms. The van der Waals surface area contributed by atoms with E-state index >= 15 is 0 Å². The highest BCUT2D eigenvalue weighted by molar-refractivity contribution is 5.73. The van der Waals surface area contributed by atoms with Crippen molar-refractivity contribution in [3.8, 4) is 0 Å². The van der Waals surface area contributed by atoms with Crippen LogP contribution in [0.1, 0.15) is 31.5 Å². The van der Waals surface area contributed by atoms with E-state index in [1.54, 1.807) is 0 Å². The molecule has 3 heterocycles. The third-order valence-corrected chi connectivity index (χ3v) is 4.68. The van der Waals surface area contributed by atoms with E-state index in [1.807, 2.05) is 24.3 Å². The third kappa shape index (κ3) is 3.80. The summed E-state index contributed by atoms with van der Waals surface area (Å²) >= 11 is 0. The highest BCUT2D eigenvalue weighted by Crippen LogP contribution is 2.19. The largest absolute Gasteiger partial charge is 0.378 e. The van der Waals surface area contributed by atoms with Gasteiger partial charge in [-0.05, 0) is 31.6 Å². The van der Waals surface area contributed by atoms with Crippen LogP contribution in [0.5, 0.6) is 0 Å². The van der Waals surface area contributed by atoms with Gasteiger partial charge >= 0.3 is 6.03 Å². The van der Waals surface area contributed by atoms with Crippen LogP contribution < -0.4 is 5.32 Å². The third-order valence-electron chi connectivity index (χ3n) is 4.68. The van der Waals surface area contributed by atoms with Crippen molar-refractivity contribution in [1.82, 2.24) is 19.8 Å². The molecule has 0 saturated carbocycles. The number of imidazole rings is 1. The number of aromatic nitrogens is 2. The number of ether oxygens (including phenoxy) is 1. The Kier molecular flexibility index (Phi) is 4.97. The number of amides is 2. The summed E-state index contributed by atoms with van der Waals surface area (Å²) in [5, 5.41) is 3.00. The van der Waals surface area contributed by atoms with E-state index < -0.39 is 0 Å². The molecule has 122 valence electrons. The Bertz CT molecular complexity index is 496. The number of nitrogens with zero attached hydrogens (tertiary/aromatic N) is 3. The molecular weight excluding hydrogens is 280 g/mol. The zero-order chi connectivity index (χ0) is 15.4. The Morgan fingerprint density at radius 2 is 2.45 bits per heavy atom. The Morgan fingerprint density at radius 1 is 1.55 bits per heavy atom. The monoisotopic (exact) mass is 306 g/mol. The summed E-state index contributed by atoms with van der Waals surface area (Å²) in [6.45, 7) is 3.33. The fraction of sp³-hybridized carbons (Fsp3) is 0.750. The van der Waals surface area contributed by atoms with Crippen molar-refractivity contribution in [2.45, 2.75) is 44.8 Å². The van der Waals surface area contributed by atoms with Crippen LogP contribution in [0, 0.1) is 5.92 Å². The number of nitrogens with one attached hydrogen (secondary N) is 1. The number of aryl methyl sites for hydroxylation is 1. The normalized spacial score (nSPS) is 24.0. The van der Waals surface area contributed by atoms with Crippen LogP contribution in [-0.4, -0.2) is 53.3 Å². The molecular formula is C16H26N4O2. The maximum Gasteiger partial charge on any atom is 0.317 e. The lowest BCUT2D eigenvalue weighted by Gasteiger charge is -2.28. The van der Waals surface area contributed by atoms with Gasteiger partial charge in [0, 0.05) is 52.1 Å². The molecule has 0 bridgehead atoms. The summed E-state index contributed by atoms with van der Waals surface area (Å²) in [5.41, 5.74) is 0. The van der Waals surface area contributed by atoms with E-state index in [4.69, 9.17) is 4.74 Å². The Hall–Kier alpha value is -1.56. The molecule has 2 atom stereocenters. The van der Waals surface area contributed by atoms with Gasteiger partial charge in [-0.15, -0.1) is 0 Å². The van der Waals surface area contributed by atoms with Crippen molar-refractivity contribution >= 4 is 6.03 Å². The van der Waals surface area contributed by atoms with Crippen LogP contribution >= 0.6 is 0 Å².